The summed E-state index contributed by atoms with van der Waals surface area (Å²) in [5, 5.41) is 0.533. The minimum atomic E-state index is -0.362. The molecule has 1 fully saturated rings. The van der Waals surface area contributed by atoms with E-state index in [0.29, 0.717) is 17.2 Å². The van der Waals surface area contributed by atoms with E-state index < -0.39 is 0 Å². The smallest absolute Gasteiger partial charge is 0.233 e. The number of para-hydroxylation sites is 1. The topological polar surface area (TPSA) is 42.4 Å². The predicted octanol–water partition coefficient (Wildman–Crippen LogP) is 4.81. The highest BCUT2D eigenvalue weighted by Crippen LogP contribution is 2.31. The van der Waals surface area contributed by atoms with E-state index in [4.69, 9.17) is 4.74 Å². The number of rotatable bonds is 5. The van der Waals surface area contributed by atoms with Gasteiger partial charge in [-0.2, -0.15) is 0 Å². The van der Waals surface area contributed by atoms with Crippen LogP contribution in [0.4, 0.5) is 9.52 Å². The summed E-state index contributed by atoms with van der Waals surface area (Å²) in [6.07, 6.45) is 2.21. The summed E-state index contributed by atoms with van der Waals surface area (Å²) in [5.74, 6) is -0.402. The Morgan fingerprint density at radius 3 is 2.89 bits per heavy atom. The van der Waals surface area contributed by atoms with Gasteiger partial charge >= 0.3 is 0 Å². The van der Waals surface area contributed by atoms with Crippen LogP contribution in [0.1, 0.15) is 29.5 Å². The second kappa shape index (κ2) is 7.97. The number of benzene rings is 2. The van der Waals surface area contributed by atoms with Crippen molar-refractivity contribution < 1.29 is 13.9 Å². The molecule has 1 unspecified atom stereocenters. The van der Waals surface area contributed by atoms with Gasteiger partial charge < -0.3 is 4.74 Å². The number of carbonyl (C=O) groups excluding carboxylic acids is 1. The van der Waals surface area contributed by atoms with Crippen LogP contribution in [-0.4, -0.2) is 30.1 Å². The first kappa shape index (κ1) is 19.0. The summed E-state index contributed by atoms with van der Waals surface area (Å²) in [6, 6.07) is 11.0. The number of carbonyl (C=O) groups is 1. The van der Waals surface area contributed by atoms with Gasteiger partial charge in [-0.25, -0.2) is 9.37 Å². The number of aromatic nitrogens is 1. The third kappa shape index (κ3) is 3.93. The Bertz CT molecular complexity index is 1010. The van der Waals surface area contributed by atoms with E-state index in [1.807, 2.05) is 32.0 Å². The Morgan fingerprint density at radius 2 is 2.18 bits per heavy atom. The van der Waals surface area contributed by atoms with Crippen molar-refractivity contribution in [3.05, 3.63) is 58.9 Å². The maximum Gasteiger partial charge on any atom is 0.233 e. The minimum absolute atomic E-state index is 0.0000704. The number of fused-ring (bicyclic) bond motifs is 1. The highest BCUT2D eigenvalue weighted by atomic mass is 32.1. The molecule has 4 rings (SSSR count). The van der Waals surface area contributed by atoms with Crippen molar-refractivity contribution in [2.24, 2.45) is 0 Å². The first-order chi connectivity index (χ1) is 13.5. The van der Waals surface area contributed by atoms with E-state index in [0.717, 1.165) is 35.3 Å². The van der Waals surface area contributed by atoms with Crippen LogP contribution >= 0.6 is 11.3 Å². The van der Waals surface area contributed by atoms with Crippen LogP contribution < -0.4 is 4.90 Å². The number of anilines is 1. The molecule has 0 radical (unpaired) electrons. The Morgan fingerprint density at radius 1 is 1.32 bits per heavy atom. The zero-order valence-electron chi connectivity index (χ0n) is 16.1. The molecule has 4 nitrogen and oxygen atoms in total. The summed E-state index contributed by atoms with van der Waals surface area (Å²) >= 11 is 1.35. The molecule has 0 bridgehead atoms. The van der Waals surface area contributed by atoms with Crippen molar-refractivity contribution >= 4 is 32.6 Å². The normalized spacial score (nSPS) is 16.6. The van der Waals surface area contributed by atoms with E-state index in [2.05, 4.69) is 11.1 Å². The van der Waals surface area contributed by atoms with Gasteiger partial charge in [-0.05, 0) is 49.9 Å². The lowest BCUT2D eigenvalue weighted by atomic mass is 10.0. The molecule has 2 aromatic carbocycles. The van der Waals surface area contributed by atoms with Crippen LogP contribution in [-0.2, 0) is 16.0 Å². The van der Waals surface area contributed by atoms with Crippen molar-refractivity contribution in [3.8, 4) is 0 Å². The van der Waals surface area contributed by atoms with Gasteiger partial charge in [-0.3, -0.25) is 9.69 Å². The standard InChI is InChI=1S/C22H23FN2O2S/c1-14-8-9-16(15(2)11-14)12-20(26)25(13-17-5-4-10-27-17)22-24-21-18(23)6-3-7-19(21)28-22/h3,6-9,11,17H,4-5,10,12-13H2,1-2H3. The fraction of sp³-hybridized carbons (Fsp3) is 0.364. The fourth-order valence-electron chi connectivity index (χ4n) is 3.60. The lowest BCUT2D eigenvalue weighted by molar-refractivity contribution is -0.118. The first-order valence-corrected chi connectivity index (χ1v) is 10.4. The van der Waals surface area contributed by atoms with Gasteiger partial charge in [0.25, 0.3) is 0 Å². The highest BCUT2D eigenvalue weighted by molar-refractivity contribution is 7.22. The van der Waals surface area contributed by atoms with Crippen molar-refractivity contribution in [1.29, 1.82) is 0 Å². The van der Waals surface area contributed by atoms with E-state index in [1.165, 1.54) is 23.0 Å². The molecule has 0 aliphatic carbocycles. The van der Waals surface area contributed by atoms with E-state index >= 15 is 0 Å². The molecular weight excluding hydrogens is 375 g/mol. The Labute approximate surface area is 168 Å². The molecule has 146 valence electrons. The number of amides is 1. The van der Waals surface area contributed by atoms with E-state index in [1.54, 1.807) is 11.0 Å². The van der Waals surface area contributed by atoms with Crippen molar-refractivity contribution in [2.45, 2.75) is 39.2 Å². The van der Waals surface area contributed by atoms with Gasteiger partial charge in [0, 0.05) is 6.61 Å². The third-order valence-corrected chi connectivity index (χ3v) is 6.18. The highest BCUT2D eigenvalue weighted by Gasteiger charge is 2.27. The van der Waals surface area contributed by atoms with E-state index in [9.17, 15) is 9.18 Å². The number of ether oxygens (including phenoxy) is 1. The third-order valence-electron chi connectivity index (χ3n) is 5.14. The number of nitrogens with zero attached hydrogens (tertiary/aromatic N) is 2. The van der Waals surface area contributed by atoms with Crippen molar-refractivity contribution in [3.63, 3.8) is 0 Å². The molecule has 1 aromatic heterocycles. The number of aryl methyl sites for hydroxylation is 2. The number of hydrogen-bond acceptors (Lipinski definition) is 4. The second-order valence-electron chi connectivity index (χ2n) is 7.33. The van der Waals surface area contributed by atoms with Crippen LogP contribution in [0, 0.1) is 19.7 Å². The average molecular weight is 399 g/mol. The van der Waals surface area contributed by atoms with E-state index in [-0.39, 0.29) is 24.2 Å². The molecule has 1 aliphatic rings. The van der Waals surface area contributed by atoms with Gasteiger partial charge in [0.05, 0.1) is 23.8 Å². The van der Waals surface area contributed by atoms with Gasteiger partial charge in [0.15, 0.2) is 5.13 Å². The van der Waals surface area contributed by atoms with Crippen LogP contribution in [0.15, 0.2) is 36.4 Å². The molecule has 0 spiro atoms. The maximum absolute atomic E-state index is 14.1. The lowest BCUT2D eigenvalue weighted by Crippen LogP contribution is -2.38. The second-order valence-corrected chi connectivity index (χ2v) is 8.34. The van der Waals surface area contributed by atoms with Crippen LogP contribution in [0.25, 0.3) is 10.2 Å². The zero-order chi connectivity index (χ0) is 19.7. The summed E-state index contributed by atoms with van der Waals surface area (Å²) in [5.41, 5.74) is 3.59. The molecule has 1 aliphatic heterocycles. The fourth-order valence-corrected chi connectivity index (χ4v) is 4.61. The van der Waals surface area contributed by atoms with Gasteiger partial charge in [-0.15, -0.1) is 0 Å². The van der Waals surface area contributed by atoms with Crippen LogP contribution in [0.5, 0.6) is 0 Å². The SMILES string of the molecule is Cc1ccc(CC(=O)N(CC2CCCO2)c2nc3c(F)cccc3s2)c(C)c1. The molecule has 6 heteroatoms. The lowest BCUT2D eigenvalue weighted by Gasteiger charge is -2.23. The number of thiazole rings is 1. The number of halogens is 1. The minimum Gasteiger partial charge on any atom is -0.376 e. The molecule has 1 saturated heterocycles. The maximum atomic E-state index is 14.1. The summed E-state index contributed by atoms with van der Waals surface area (Å²) in [7, 11) is 0. The Hall–Kier alpha value is -2.31. The number of hydrogen-bond donors (Lipinski definition) is 0. The average Bonchev–Trinajstić information content (AvgIpc) is 3.32. The molecule has 2 heterocycles. The van der Waals surface area contributed by atoms with Gasteiger partial charge in [0.2, 0.25) is 5.91 Å². The first-order valence-electron chi connectivity index (χ1n) is 9.54. The molecule has 3 aromatic rings. The molecule has 0 saturated carbocycles. The van der Waals surface area contributed by atoms with Crippen molar-refractivity contribution in [2.75, 3.05) is 18.1 Å². The Balaban J connectivity index is 1.65. The largest absolute Gasteiger partial charge is 0.376 e. The Kier molecular flexibility index (Phi) is 5.42. The van der Waals surface area contributed by atoms with Gasteiger partial charge in [-0.1, -0.05) is 41.2 Å². The quantitative estimate of drug-likeness (QED) is 0.620. The summed E-state index contributed by atoms with van der Waals surface area (Å²) in [4.78, 5) is 19.4. The van der Waals surface area contributed by atoms with Crippen molar-refractivity contribution in [1.82, 2.24) is 4.98 Å². The molecule has 1 atom stereocenters. The summed E-state index contributed by atoms with van der Waals surface area (Å²) < 4.78 is 20.6. The monoisotopic (exact) mass is 398 g/mol. The van der Waals surface area contributed by atoms with Crippen LogP contribution in [0.3, 0.4) is 0 Å². The summed E-state index contributed by atoms with van der Waals surface area (Å²) in [6.45, 7) is 5.23. The molecule has 0 N–H and O–H groups in total. The predicted molar refractivity (Wildman–Crippen MR) is 111 cm³/mol. The van der Waals surface area contributed by atoms with Crippen LogP contribution in [0.2, 0.25) is 0 Å². The molecule has 1 amide bonds. The zero-order valence-corrected chi connectivity index (χ0v) is 16.9. The molecular formula is C22H23FN2O2S. The van der Waals surface area contributed by atoms with Gasteiger partial charge in [0.1, 0.15) is 11.3 Å². The molecule has 28 heavy (non-hydrogen) atoms.